The van der Waals surface area contributed by atoms with Gasteiger partial charge in [-0.2, -0.15) is 0 Å². The molecule has 3 rings (SSSR count). The van der Waals surface area contributed by atoms with Gasteiger partial charge in [-0.15, -0.1) is 0 Å². The number of rotatable bonds is 6. The zero-order chi connectivity index (χ0) is 15.9. The molecule has 0 spiro atoms. The van der Waals surface area contributed by atoms with Gasteiger partial charge in [0.2, 0.25) is 0 Å². The molecule has 2 nitrogen and oxygen atoms in total. The molecule has 0 saturated carbocycles. The molecule has 1 aromatic heterocycles. The maximum atomic E-state index is 12.0. The van der Waals surface area contributed by atoms with Crippen LogP contribution in [-0.4, -0.2) is 19.5 Å². The Bertz CT molecular complexity index is 797. The summed E-state index contributed by atoms with van der Waals surface area (Å²) < 4.78 is 3.23. The number of aromatic nitrogens is 1. The van der Waals surface area contributed by atoms with Crippen molar-refractivity contribution in [3.05, 3.63) is 100 Å². The van der Waals surface area contributed by atoms with Crippen molar-refractivity contribution in [2.24, 2.45) is 0 Å². The van der Waals surface area contributed by atoms with Crippen LogP contribution in [0.3, 0.4) is 0 Å². The van der Waals surface area contributed by atoms with Gasteiger partial charge >= 0.3 is 143 Å². The molecule has 0 fully saturated rings. The molecule has 116 valence electrons. The topological polar surface area (TPSA) is 22.0 Å². The van der Waals surface area contributed by atoms with Crippen molar-refractivity contribution in [1.82, 2.24) is 4.57 Å². The summed E-state index contributed by atoms with van der Waals surface area (Å²) in [5, 5.41) is 1.02. The summed E-state index contributed by atoms with van der Waals surface area (Å²) in [4.78, 5) is 12.0. The van der Waals surface area contributed by atoms with Crippen LogP contribution in [0.25, 0.3) is 0 Å². The van der Waals surface area contributed by atoms with Crippen molar-refractivity contribution in [3.8, 4) is 0 Å². The standard InChI is InChI=1S/C20H19NOSe/c22-20-12-11-18(16-23-19-9-5-2-6-10-19)15-21(20)14-13-17-7-3-1-4-8-17/h1-12,15H,13-14,16H2. The summed E-state index contributed by atoms with van der Waals surface area (Å²) in [6.07, 6.45) is 2.91. The molecule has 0 N–H and O–H groups in total. The van der Waals surface area contributed by atoms with E-state index in [-0.39, 0.29) is 5.56 Å². The van der Waals surface area contributed by atoms with Crippen LogP contribution in [0, 0.1) is 0 Å². The predicted octanol–water partition coefficient (Wildman–Crippen LogP) is 2.62. The molecule has 1 heterocycles. The molecule has 0 aliphatic rings. The summed E-state index contributed by atoms with van der Waals surface area (Å²) in [6, 6.07) is 24.5. The van der Waals surface area contributed by atoms with Gasteiger partial charge in [-0.1, -0.05) is 0 Å². The minimum atomic E-state index is 0.0805. The normalized spacial score (nSPS) is 10.6. The van der Waals surface area contributed by atoms with Crippen molar-refractivity contribution in [3.63, 3.8) is 0 Å². The third kappa shape index (κ3) is 4.69. The van der Waals surface area contributed by atoms with Crippen LogP contribution in [0.1, 0.15) is 11.1 Å². The van der Waals surface area contributed by atoms with Crippen molar-refractivity contribution in [1.29, 1.82) is 0 Å². The molecular formula is C20H19NOSe. The molecule has 0 bridgehead atoms. The molecule has 0 aliphatic heterocycles. The molecule has 0 amide bonds. The monoisotopic (exact) mass is 369 g/mol. The van der Waals surface area contributed by atoms with E-state index < -0.39 is 0 Å². The second-order valence-electron chi connectivity index (χ2n) is 5.41. The summed E-state index contributed by atoms with van der Waals surface area (Å²) in [6.45, 7) is 0.731. The van der Waals surface area contributed by atoms with Crippen molar-refractivity contribution < 1.29 is 0 Å². The van der Waals surface area contributed by atoms with Crippen LogP contribution in [-0.2, 0) is 18.3 Å². The fourth-order valence-corrected chi connectivity index (χ4v) is 4.21. The Morgan fingerprint density at radius 1 is 0.783 bits per heavy atom. The average molecular weight is 368 g/mol. The molecule has 0 unspecified atom stereocenters. The van der Waals surface area contributed by atoms with Crippen LogP contribution < -0.4 is 10.0 Å². The Hall–Kier alpha value is -2.09. The van der Waals surface area contributed by atoms with Crippen molar-refractivity contribution >= 4 is 19.4 Å². The van der Waals surface area contributed by atoms with E-state index in [1.54, 1.807) is 6.07 Å². The summed E-state index contributed by atoms with van der Waals surface area (Å²) >= 11 is 0.406. The van der Waals surface area contributed by atoms with Crippen LogP contribution >= 0.6 is 0 Å². The van der Waals surface area contributed by atoms with Gasteiger partial charge in [0, 0.05) is 0 Å². The Kier molecular flexibility index (Phi) is 5.46. The van der Waals surface area contributed by atoms with Crippen LogP contribution in [0.15, 0.2) is 83.8 Å². The molecule has 0 saturated heterocycles. The third-order valence-corrected chi connectivity index (χ3v) is 5.95. The van der Waals surface area contributed by atoms with Crippen LogP contribution in [0.4, 0.5) is 0 Å². The van der Waals surface area contributed by atoms with Gasteiger partial charge in [0.05, 0.1) is 0 Å². The molecular weight excluding hydrogens is 349 g/mol. The van der Waals surface area contributed by atoms with Crippen LogP contribution in [0.5, 0.6) is 0 Å². The third-order valence-electron chi connectivity index (χ3n) is 3.68. The van der Waals surface area contributed by atoms with Crippen LogP contribution in [0.2, 0.25) is 0 Å². The SMILES string of the molecule is O=c1ccc(C[Se]c2ccccc2)cn1CCc1ccccc1. The fourth-order valence-electron chi connectivity index (χ4n) is 2.42. The molecule has 3 heteroatoms. The van der Waals surface area contributed by atoms with E-state index in [0.29, 0.717) is 15.0 Å². The maximum absolute atomic E-state index is 12.0. The number of hydrogen-bond donors (Lipinski definition) is 0. The Balaban J connectivity index is 1.65. The molecule has 0 aliphatic carbocycles. The Morgan fingerprint density at radius 3 is 2.22 bits per heavy atom. The fraction of sp³-hybridized carbons (Fsp3) is 0.150. The molecule has 0 atom stereocenters. The molecule has 23 heavy (non-hydrogen) atoms. The quantitative estimate of drug-likeness (QED) is 0.613. The molecule has 3 aromatic rings. The zero-order valence-electron chi connectivity index (χ0n) is 12.9. The van der Waals surface area contributed by atoms with E-state index in [1.165, 1.54) is 15.6 Å². The Labute approximate surface area is 143 Å². The molecule has 2 aromatic carbocycles. The Morgan fingerprint density at radius 2 is 1.48 bits per heavy atom. The minimum absolute atomic E-state index is 0.0805. The number of pyridine rings is 1. The first-order valence-electron chi connectivity index (χ1n) is 7.72. The second-order valence-corrected chi connectivity index (χ2v) is 7.61. The molecule has 0 radical (unpaired) electrons. The summed E-state index contributed by atoms with van der Waals surface area (Å²) in [5.41, 5.74) is 2.58. The number of benzene rings is 2. The van der Waals surface area contributed by atoms with E-state index >= 15 is 0 Å². The predicted molar refractivity (Wildman–Crippen MR) is 96.4 cm³/mol. The van der Waals surface area contributed by atoms with E-state index in [0.717, 1.165) is 18.3 Å². The van der Waals surface area contributed by atoms with Gasteiger partial charge in [-0.05, 0) is 0 Å². The van der Waals surface area contributed by atoms with Gasteiger partial charge < -0.3 is 0 Å². The van der Waals surface area contributed by atoms with Gasteiger partial charge in [-0.3, -0.25) is 0 Å². The summed E-state index contributed by atoms with van der Waals surface area (Å²) in [5.74, 6) is 0. The van der Waals surface area contributed by atoms with Gasteiger partial charge in [0.1, 0.15) is 0 Å². The first-order valence-corrected chi connectivity index (χ1v) is 9.79. The second kappa shape index (κ2) is 7.96. The van der Waals surface area contributed by atoms with E-state index in [1.807, 2.05) is 41.1 Å². The first kappa shape index (κ1) is 15.8. The van der Waals surface area contributed by atoms with Gasteiger partial charge in [0.15, 0.2) is 0 Å². The number of nitrogens with zero attached hydrogens (tertiary/aromatic N) is 1. The van der Waals surface area contributed by atoms with Gasteiger partial charge in [-0.25, -0.2) is 0 Å². The van der Waals surface area contributed by atoms with E-state index in [4.69, 9.17) is 0 Å². The number of hydrogen-bond acceptors (Lipinski definition) is 1. The summed E-state index contributed by atoms with van der Waals surface area (Å²) in [7, 11) is 0. The average Bonchev–Trinajstić information content (AvgIpc) is 2.62. The number of aryl methyl sites for hydroxylation is 2. The van der Waals surface area contributed by atoms with E-state index in [9.17, 15) is 4.79 Å². The zero-order valence-corrected chi connectivity index (χ0v) is 14.6. The first-order chi connectivity index (χ1) is 11.3. The van der Waals surface area contributed by atoms with E-state index in [2.05, 4.69) is 36.4 Å². The van der Waals surface area contributed by atoms with Gasteiger partial charge in [0.25, 0.3) is 0 Å². The van der Waals surface area contributed by atoms with Crippen molar-refractivity contribution in [2.45, 2.75) is 18.3 Å². The van der Waals surface area contributed by atoms with Crippen molar-refractivity contribution in [2.75, 3.05) is 0 Å².